The highest BCUT2D eigenvalue weighted by Crippen LogP contribution is 2.40. The van der Waals surface area contributed by atoms with Crippen molar-refractivity contribution in [2.75, 3.05) is 13.1 Å². The topological polar surface area (TPSA) is 55.1 Å². The van der Waals surface area contributed by atoms with Gasteiger partial charge in [-0.25, -0.2) is 0 Å². The van der Waals surface area contributed by atoms with Gasteiger partial charge < -0.3 is 11.1 Å². The third kappa shape index (κ3) is 2.27. The number of rotatable bonds is 4. The van der Waals surface area contributed by atoms with Gasteiger partial charge in [0.1, 0.15) is 0 Å². The number of hydrogen-bond donors (Lipinski definition) is 2. The van der Waals surface area contributed by atoms with Gasteiger partial charge in [0.05, 0.1) is 5.92 Å². The third-order valence-electron chi connectivity index (χ3n) is 3.92. The minimum Gasteiger partial charge on any atom is -0.369 e. The lowest BCUT2D eigenvalue weighted by Gasteiger charge is -2.35. The number of amides is 1. The van der Waals surface area contributed by atoms with Crippen molar-refractivity contribution < 1.29 is 4.79 Å². The van der Waals surface area contributed by atoms with Gasteiger partial charge in [-0.05, 0) is 17.9 Å². The molecule has 2 atom stereocenters. The van der Waals surface area contributed by atoms with Crippen LogP contribution in [0.1, 0.15) is 25.8 Å². The lowest BCUT2D eigenvalue weighted by Crippen LogP contribution is -2.43. The Morgan fingerprint density at radius 2 is 2.11 bits per heavy atom. The Labute approximate surface area is 109 Å². The molecule has 3 nitrogen and oxygen atoms in total. The van der Waals surface area contributed by atoms with Gasteiger partial charge in [0.25, 0.3) is 0 Å². The van der Waals surface area contributed by atoms with Crippen LogP contribution in [0.3, 0.4) is 0 Å². The fourth-order valence-electron chi connectivity index (χ4n) is 3.27. The van der Waals surface area contributed by atoms with Crippen LogP contribution >= 0.6 is 0 Å². The highest BCUT2D eigenvalue weighted by molar-refractivity contribution is 5.79. The largest absolute Gasteiger partial charge is 0.369 e. The minimum absolute atomic E-state index is 0.109. The van der Waals surface area contributed by atoms with Gasteiger partial charge in [-0.2, -0.15) is 0 Å². The SMILES string of the molecule is CC(C)CC1(c2ccccc2)CNCC1C(N)=O. The fourth-order valence-corrected chi connectivity index (χ4v) is 3.27. The Morgan fingerprint density at radius 3 is 2.67 bits per heavy atom. The highest BCUT2D eigenvalue weighted by Gasteiger charge is 2.47. The summed E-state index contributed by atoms with van der Waals surface area (Å²) >= 11 is 0. The molecule has 1 aliphatic rings. The summed E-state index contributed by atoms with van der Waals surface area (Å²) in [6.07, 6.45) is 0.984. The van der Waals surface area contributed by atoms with Gasteiger partial charge in [-0.3, -0.25) is 4.79 Å². The van der Waals surface area contributed by atoms with Gasteiger partial charge in [0.15, 0.2) is 0 Å². The zero-order valence-corrected chi connectivity index (χ0v) is 11.1. The Bertz CT molecular complexity index is 416. The van der Waals surface area contributed by atoms with Crippen molar-refractivity contribution in [2.24, 2.45) is 17.6 Å². The summed E-state index contributed by atoms with van der Waals surface area (Å²) in [5.74, 6) is 0.235. The van der Waals surface area contributed by atoms with Gasteiger partial charge in [0.2, 0.25) is 5.91 Å². The number of carbonyl (C=O) groups excluding carboxylic acids is 1. The number of primary amides is 1. The quantitative estimate of drug-likeness (QED) is 0.849. The first-order valence-electron chi connectivity index (χ1n) is 6.62. The van der Waals surface area contributed by atoms with E-state index in [1.807, 2.05) is 18.2 Å². The van der Waals surface area contributed by atoms with Crippen LogP contribution in [0.2, 0.25) is 0 Å². The van der Waals surface area contributed by atoms with E-state index < -0.39 is 0 Å². The van der Waals surface area contributed by atoms with E-state index in [4.69, 9.17) is 5.73 Å². The maximum Gasteiger partial charge on any atom is 0.222 e. The summed E-state index contributed by atoms with van der Waals surface area (Å²) in [5, 5.41) is 3.35. The molecule has 3 N–H and O–H groups in total. The molecule has 3 heteroatoms. The average Bonchev–Trinajstić information content (AvgIpc) is 2.74. The van der Waals surface area contributed by atoms with Crippen molar-refractivity contribution in [1.82, 2.24) is 5.32 Å². The van der Waals surface area contributed by atoms with Crippen LogP contribution < -0.4 is 11.1 Å². The average molecular weight is 246 g/mol. The number of benzene rings is 1. The zero-order valence-electron chi connectivity index (χ0n) is 11.1. The predicted molar refractivity (Wildman–Crippen MR) is 73.1 cm³/mol. The Balaban J connectivity index is 2.43. The van der Waals surface area contributed by atoms with E-state index in [1.54, 1.807) is 0 Å². The standard InChI is InChI=1S/C15H22N2O/c1-11(2)8-15(12-6-4-3-5-7-12)10-17-9-13(15)14(16)18/h3-7,11,13,17H,8-10H2,1-2H3,(H2,16,18). The van der Waals surface area contributed by atoms with E-state index in [2.05, 4.69) is 31.3 Å². The molecule has 1 aliphatic heterocycles. The molecule has 18 heavy (non-hydrogen) atoms. The smallest absolute Gasteiger partial charge is 0.222 e. The summed E-state index contributed by atoms with van der Waals surface area (Å²) in [7, 11) is 0. The Morgan fingerprint density at radius 1 is 1.44 bits per heavy atom. The molecule has 1 amide bonds. The number of carbonyl (C=O) groups is 1. The summed E-state index contributed by atoms with van der Waals surface area (Å²) < 4.78 is 0. The molecule has 1 heterocycles. The molecule has 0 spiro atoms. The Hall–Kier alpha value is -1.35. The first kappa shape index (κ1) is 13.1. The van der Waals surface area contributed by atoms with Crippen LogP contribution in [0.4, 0.5) is 0 Å². The van der Waals surface area contributed by atoms with Crippen LogP contribution in [0.15, 0.2) is 30.3 Å². The lowest BCUT2D eigenvalue weighted by atomic mass is 9.67. The normalized spacial score (nSPS) is 27.6. The van der Waals surface area contributed by atoms with Crippen LogP contribution in [-0.4, -0.2) is 19.0 Å². The molecule has 0 saturated carbocycles. The number of hydrogen-bond acceptors (Lipinski definition) is 2. The van der Waals surface area contributed by atoms with Crippen molar-refractivity contribution in [3.05, 3.63) is 35.9 Å². The number of nitrogens with one attached hydrogen (secondary N) is 1. The molecule has 0 bridgehead atoms. The van der Waals surface area contributed by atoms with Crippen LogP contribution in [0.25, 0.3) is 0 Å². The predicted octanol–water partition coefficient (Wildman–Crippen LogP) is 1.68. The molecule has 1 fully saturated rings. The monoisotopic (exact) mass is 246 g/mol. The summed E-state index contributed by atoms with van der Waals surface area (Å²) in [5.41, 5.74) is 6.70. The lowest BCUT2D eigenvalue weighted by molar-refractivity contribution is -0.123. The van der Waals surface area contributed by atoms with Crippen molar-refractivity contribution in [2.45, 2.75) is 25.7 Å². The van der Waals surface area contributed by atoms with Crippen LogP contribution in [0.5, 0.6) is 0 Å². The van der Waals surface area contributed by atoms with E-state index >= 15 is 0 Å². The Kier molecular flexibility index (Phi) is 3.71. The third-order valence-corrected chi connectivity index (χ3v) is 3.92. The van der Waals surface area contributed by atoms with Crippen molar-refractivity contribution in [1.29, 1.82) is 0 Å². The van der Waals surface area contributed by atoms with Crippen LogP contribution in [-0.2, 0) is 10.2 Å². The van der Waals surface area contributed by atoms with Gasteiger partial charge in [-0.15, -0.1) is 0 Å². The molecular formula is C15H22N2O. The van der Waals surface area contributed by atoms with E-state index in [0.717, 1.165) is 13.0 Å². The molecular weight excluding hydrogens is 224 g/mol. The molecule has 98 valence electrons. The van der Waals surface area contributed by atoms with E-state index in [1.165, 1.54) is 5.56 Å². The minimum atomic E-state index is -0.190. The van der Waals surface area contributed by atoms with Gasteiger partial charge >= 0.3 is 0 Å². The van der Waals surface area contributed by atoms with Crippen molar-refractivity contribution >= 4 is 5.91 Å². The second kappa shape index (κ2) is 5.11. The van der Waals surface area contributed by atoms with E-state index in [-0.39, 0.29) is 17.2 Å². The highest BCUT2D eigenvalue weighted by atomic mass is 16.1. The van der Waals surface area contributed by atoms with E-state index in [0.29, 0.717) is 12.5 Å². The molecule has 1 aromatic carbocycles. The summed E-state index contributed by atoms with van der Waals surface area (Å²) in [6, 6.07) is 10.3. The van der Waals surface area contributed by atoms with E-state index in [9.17, 15) is 4.79 Å². The molecule has 0 radical (unpaired) electrons. The molecule has 2 rings (SSSR count). The summed E-state index contributed by atoms with van der Waals surface area (Å²) in [4.78, 5) is 11.8. The first-order chi connectivity index (χ1) is 8.56. The molecule has 2 unspecified atom stereocenters. The van der Waals surface area contributed by atoms with Crippen molar-refractivity contribution in [3.63, 3.8) is 0 Å². The number of nitrogens with two attached hydrogens (primary N) is 1. The zero-order chi connectivity index (χ0) is 13.2. The second-order valence-corrected chi connectivity index (χ2v) is 5.71. The maximum atomic E-state index is 11.8. The maximum absolute atomic E-state index is 11.8. The first-order valence-corrected chi connectivity index (χ1v) is 6.62. The molecule has 0 aliphatic carbocycles. The molecule has 1 aromatic rings. The summed E-state index contributed by atoms with van der Waals surface area (Å²) in [6.45, 7) is 5.92. The second-order valence-electron chi connectivity index (χ2n) is 5.71. The molecule has 0 aromatic heterocycles. The van der Waals surface area contributed by atoms with Crippen molar-refractivity contribution in [3.8, 4) is 0 Å². The fraction of sp³-hybridized carbons (Fsp3) is 0.533. The van der Waals surface area contributed by atoms with Gasteiger partial charge in [-0.1, -0.05) is 44.2 Å². The molecule has 1 saturated heterocycles. The van der Waals surface area contributed by atoms with Gasteiger partial charge in [0, 0.05) is 18.5 Å². The van der Waals surface area contributed by atoms with Crippen LogP contribution in [0, 0.1) is 11.8 Å².